The molecule has 0 spiro atoms. The van der Waals surface area contributed by atoms with Crippen molar-refractivity contribution < 1.29 is 43.7 Å². The van der Waals surface area contributed by atoms with Crippen molar-refractivity contribution in [2.45, 2.75) is 0 Å². The molecule has 0 bridgehead atoms. The Labute approximate surface area is 376 Å². The van der Waals surface area contributed by atoms with E-state index in [9.17, 15) is 34.5 Å². The van der Waals surface area contributed by atoms with E-state index in [0.717, 1.165) is 90.0 Å². The van der Waals surface area contributed by atoms with Crippen molar-refractivity contribution in [1.29, 1.82) is 0 Å². The number of hydrogen-bond donors (Lipinski definition) is 2. The first-order chi connectivity index (χ1) is 31.6. The molecule has 4 nitrogen and oxygen atoms in total. The van der Waals surface area contributed by atoms with Crippen molar-refractivity contribution >= 4 is 25.9 Å². The topological polar surface area (TPSA) is 59.8 Å². The van der Waals surface area contributed by atoms with Gasteiger partial charge in [0.05, 0.1) is 0 Å². The van der Waals surface area contributed by atoms with Crippen LogP contribution in [0.25, 0.3) is 78.7 Å². The van der Waals surface area contributed by atoms with Gasteiger partial charge in [-0.25, -0.2) is 0 Å². The lowest BCUT2D eigenvalue weighted by molar-refractivity contribution is -0.572. The summed E-state index contributed by atoms with van der Waals surface area (Å²) in [5.74, 6) is 0. The smallest absolute Gasteiger partial charge is 0.418 e. The second-order valence-corrected chi connectivity index (χ2v) is 14.9. The van der Waals surface area contributed by atoms with E-state index in [1.807, 2.05) is 24.3 Å². The molecule has 0 fully saturated rings. The molecule has 66 heavy (non-hydrogen) atoms. The fourth-order valence-corrected chi connectivity index (χ4v) is 7.47. The van der Waals surface area contributed by atoms with Crippen LogP contribution < -0.4 is 20.6 Å². The number of benzene rings is 7. The van der Waals surface area contributed by atoms with Crippen LogP contribution in [-0.4, -0.2) is 14.5 Å². The van der Waals surface area contributed by atoms with Crippen LogP contribution in [0.3, 0.4) is 0 Å². The molecule has 0 saturated heterocycles. The Balaban J connectivity index is 0.000000588. The van der Waals surface area contributed by atoms with Crippen molar-refractivity contribution in [3.63, 3.8) is 0 Å². The van der Waals surface area contributed by atoms with Gasteiger partial charge >= 0.3 is 14.5 Å². The van der Waals surface area contributed by atoms with Gasteiger partial charge in [0.15, 0.2) is 0 Å². The number of aromatic nitrogens is 2. The Bertz CT molecular complexity index is 2650. The van der Waals surface area contributed by atoms with Crippen LogP contribution in [0.1, 0.15) is 0 Å². The van der Waals surface area contributed by atoms with E-state index in [0.29, 0.717) is 0 Å². The normalized spacial score (nSPS) is 11.2. The van der Waals surface area contributed by atoms with Crippen LogP contribution in [0.15, 0.2) is 218 Å². The zero-order chi connectivity index (χ0) is 46.8. The third-order valence-corrected chi connectivity index (χ3v) is 10.3. The Morgan fingerprint density at radius 1 is 0.258 bits per heavy atom. The van der Waals surface area contributed by atoms with Crippen LogP contribution in [-0.2, 0) is 0 Å². The number of nitrogens with zero attached hydrogens (tertiary/aromatic N) is 2. The maximum atomic E-state index is 9.75. The second kappa shape index (κ2) is 20.2. The highest BCUT2D eigenvalue weighted by Gasteiger charge is 2.27. The molecule has 0 unspecified atom stereocenters. The predicted octanol–water partition coefficient (Wildman–Crippen LogP) is 14.0. The summed E-state index contributed by atoms with van der Waals surface area (Å²) in [4.78, 5) is 0. The lowest BCUT2D eigenvalue weighted by Gasteiger charge is -2.14. The lowest BCUT2D eigenvalue weighted by Crippen LogP contribution is -2.36. The van der Waals surface area contributed by atoms with Crippen LogP contribution in [0.2, 0.25) is 0 Å². The largest absolute Gasteiger partial charge is 0.673 e. The predicted molar refractivity (Wildman–Crippen MR) is 251 cm³/mol. The fourth-order valence-electron chi connectivity index (χ4n) is 7.47. The van der Waals surface area contributed by atoms with Gasteiger partial charge in [0.1, 0.15) is 0 Å². The minimum absolute atomic E-state index is 0.735. The molecule has 0 radical (unpaired) electrons. The first-order valence-corrected chi connectivity index (χ1v) is 20.6. The zero-order valence-electron chi connectivity index (χ0n) is 35.0. The highest BCUT2D eigenvalue weighted by Crippen LogP contribution is 2.35. The molecule has 2 heterocycles. The van der Waals surface area contributed by atoms with Gasteiger partial charge in [-0.1, -0.05) is 97.1 Å². The molecule has 330 valence electrons. The molecule has 9 aromatic rings. The van der Waals surface area contributed by atoms with Crippen molar-refractivity contribution in [2.24, 2.45) is 0 Å². The molecule has 0 amide bonds. The molecule has 0 atom stereocenters. The van der Waals surface area contributed by atoms with E-state index in [2.05, 4.69) is 203 Å². The monoisotopic (exact) mass is 894 g/mol. The van der Waals surface area contributed by atoms with Gasteiger partial charge in [-0.2, -0.15) is 9.13 Å². The van der Waals surface area contributed by atoms with Gasteiger partial charge in [-0.05, 0) is 95.1 Å². The maximum Gasteiger partial charge on any atom is 0.673 e. The van der Waals surface area contributed by atoms with Gasteiger partial charge in [-0.15, -0.1) is 0 Å². The van der Waals surface area contributed by atoms with Crippen LogP contribution in [0.4, 0.5) is 45.9 Å². The summed E-state index contributed by atoms with van der Waals surface area (Å²) in [5, 5.41) is 0. The van der Waals surface area contributed by atoms with Gasteiger partial charge < -0.3 is 46.0 Å². The second-order valence-electron chi connectivity index (χ2n) is 14.9. The highest BCUT2D eigenvalue weighted by atomic mass is 19.5. The number of pyridine rings is 2. The summed E-state index contributed by atoms with van der Waals surface area (Å²) in [5.41, 5.74) is 29.3. The molecule has 0 aliphatic carbocycles. The summed E-state index contributed by atoms with van der Waals surface area (Å²) in [6.07, 6.45) is 0. The van der Waals surface area contributed by atoms with E-state index < -0.39 is 14.5 Å². The number of nitrogen functional groups attached to an aromatic ring is 2. The Kier molecular flexibility index (Phi) is 14.1. The van der Waals surface area contributed by atoms with E-state index in [-0.39, 0.29) is 0 Å². The highest BCUT2D eigenvalue weighted by molar-refractivity contribution is 6.50. The summed E-state index contributed by atoms with van der Waals surface area (Å²) in [6.45, 7) is 0. The SMILES string of the molecule is F[B-](F)(F)F.F[B-](F)(F)F.Nc1ccc(-[n+]2c(-c3ccccc3)cc(-c3ccc(-c4cc(-c5ccccc5)[n+](-c5ccc(N)cc5)c(-c5ccccc5)c4)cc3)cc2-c2ccccc2)cc1. The molecule has 2 aromatic heterocycles. The first-order valence-electron chi connectivity index (χ1n) is 20.6. The van der Waals surface area contributed by atoms with E-state index in [1.54, 1.807) is 0 Å². The number of anilines is 2. The van der Waals surface area contributed by atoms with Gasteiger partial charge in [-0.3, -0.25) is 0 Å². The van der Waals surface area contributed by atoms with Gasteiger partial charge in [0.2, 0.25) is 34.2 Å². The third-order valence-electron chi connectivity index (χ3n) is 10.3. The van der Waals surface area contributed by atoms with E-state index >= 15 is 0 Å². The van der Waals surface area contributed by atoms with Gasteiger partial charge in [0.25, 0.3) is 0 Å². The van der Waals surface area contributed by atoms with Crippen molar-refractivity contribution in [3.05, 3.63) is 218 Å². The summed E-state index contributed by atoms with van der Waals surface area (Å²) in [6, 6.07) is 76.7. The van der Waals surface area contributed by atoms with Crippen molar-refractivity contribution in [3.8, 4) is 78.7 Å². The Morgan fingerprint density at radius 3 is 0.682 bits per heavy atom. The minimum Gasteiger partial charge on any atom is -0.418 e. The molecular weight excluding hydrogens is 854 g/mol. The zero-order valence-corrected chi connectivity index (χ0v) is 35.0. The number of nitrogens with two attached hydrogens (primary N) is 2. The molecule has 7 aromatic carbocycles. The quantitative estimate of drug-likeness (QED) is 0.0691. The minimum atomic E-state index is -6.00. The number of halogens is 8. The molecule has 0 saturated carbocycles. The fraction of sp³-hybridized carbons (Fsp3) is 0. The van der Waals surface area contributed by atoms with Gasteiger partial charge in [0, 0.05) is 82.2 Å². The average molecular weight is 895 g/mol. The summed E-state index contributed by atoms with van der Waals surface area (Å²) < 4.78 is 82.7. The van der Waals surface area contributed by atoms with Crippen molar-refractivity contribution in [1.82, 2.24) is 0 Å². The van der Waals surface area contributed by atoms with Crippen LogP contribution in [0, 0.1) is 0 Å². The molecule has 9 rings (SSSR count). The summed E-state index contributed by atoms with van der Waals surface area (Å²) >= 11 is 0. The number of hydrogen-bond acceptors (Lipinski definition) is 2. The third kappa shape index (κ3) is 12.2. The first kappa shape index (κ1) is 46.0. The van der Waals surface area contributed by atoms with E-state index in [1.165, 1.54) is 0 Å². The van der Waals surface area contributed by atoms with Crippen LogP contribution in [0.5, 0.6) is 0 Å². The van der Waals surface area contributed by atoms with Crippen molar-refractivity contribution in [2.75, 3.05) is 11.5 Å². The standard InChI is InChI=1S/C52H39N4.2BF4/c53-45-25-29-47(30-26-45)55-49(39-13-5-1-6-14-39)33-43(34-50(55)40-15-7-2-8-16-40)37-21-23-38(24-22-37)44-35-51(41-17-9-3-10-18-41)56(48-31-27-46(54)28-32-48)52(36-44)42-19-11-4-12-20-42;2*2-1(3,4)5/h1-36,53H,54H2;;/q+1;2*-1/p+1. The maximum absolute atomic E-state index is 9.75. The lowest BCUT2D eigenvalue weighted by atomic mass is 9.95. The average Bonchev–Trinajstić information content (AvgIpc) is 3.31. The molecule has 14 heteroatoms. The Morgan fingerprint density at radius 2 is 0.470 bits per heavy atom. The molecule has 0 aliphatic heterocycles. The Hall–Kier alpha value is -7.99. The molecule has 0 aliphatic rings. The van der Waals surface area contributed by atoms with E-state index in [4.69, 9.17) is 11.5 Å². The van der Waals surface area contributed by atoms with Crippen LogP contribution >= 0.6 is 0 Å². The molecule has 4 N–H and O–H groups in total. The molecular formula is C52H40B2F8N4. The number of rotatable bonds is 8. The summed E-state index contributed by atoms with van der Waals surface area (Å²) in [7, 11) is -12.0.